The molecule has 0 aliphatic carbocycles. The Hall–Kier alpha value is -2.75. The lowest BCUT2D eigenvalue weighted by atomic mass is 10.0. The molecule has 0 bridgehead atoms. The number of benzene rings is 2. The molecule has 4 heteroatoms. The third-order valence-corrected chi connectivity index (χ3v) is 4.35. The van der Waals surface area contributed by atoms with Crippen molar-refractivity contribution in [1.29, 1.82) is 0 Å². The van der Waals surface area contributed by atoms with Crippen LogP contribution in [0.4, 0.5) is 0 Å². The van der Waals surface area contributed by atoms with Crippen LogP contribution in [0.3, 0.4) is 0 Å². The monoisotopic (exact) mass is 337 g/mol. The second-order valence-corrected chi connectivity index (χ2v) is 6.20. The van der Waals surface area contributed by atoms with Crippen LogP contribution >= 0.6 is 0 Å². The maximum atomic E-state index is 12.5. The summed E-state index contributed by atoms with van der Waals surface area (Å²) in [4.78, 5) is 38.3. The number of likely N-dealkylation sites (N-methyl/N-ethyl adjacent to an activating group) is 1. The van der Waals surface area contributed by atoms with Crippen LogP contribution in [0.25, 0.3) is 0 Å². The lowest BCUT2D eigenvalue weighted by Crippen LogP contribution is -2.40. The van der Waals surface area contributed by atoms with Crippen LogP contribution in [-0.2, 0) is 4.79 Å². The molecular weight excluding hydrogens is 314 g/mol. The number of rotatable bonds is 7. The number of carbonyl (C=O) groups is 3. The minimum Gasteiger partial charge on any atom is -0.336 e. The van der Waals surface area contributed by atoms with E-state index >= 15 is 0 Å². The van der Waals surface area contributed by atoms with Crippen molar-refractivity contribution in [2.24, 2.45) is 0 Å². The van der Waals surface area contributed by atoms with Gasteiger partial charge in [-0.15, -0.1) is 0 Å². The molecule has 0 N–H and O–H groups in total. The summed E-state index contributed by atoms with van der Waals surface area (Å²) in [5, 5.41) is 0. The summed E-state index contributed by atoms with van der Waals surface area (Å²) in [6.45, 7) is 3.66. The highest BCUT2D eigenvalue weighted by Gasteiger charge is 2.23. The number of carbonyl (C=O) groups excluding carboxylic acids is 3. The predicted octanol–water partition coefficient (Wildman–Crippen LogP) is 3.69. The zero-order valence-corrected chi connectivity index (χ0v) is 14.9. The van der Waals surface area contributed by atoms with E-state index in [1.807, 2.05) is 25.1 Å². The summed E-state index contributed by atoms with van der Waals surface area (Å²) in [7, 11) is 1.60. The average molecular weight is 337 g/mol. The van der Waals surface area contributed by atoms with Crippen LogP contribution in [0.15, 0.2) is 54.6 Å². The molecule has 0 saturated carbocycles. The fourth-order valence-corrected chi connectivity index (χ4v) is 2.52. The maximum absolute atomic E-state index is 12.5. The highest BCUT2D eigenvalue weighted by molar-refractivity contribution is 6.02. The van der Waals surface area contributed by atoms with Crippen LogP contribution < -0.4 is 0 Å². The third-order valence-electron chi connectivity index (χ3n) is 4.35. The number of hydrogen-bond acceptors (Lipinski definition) is 3. The van der Waals surface area contributed by atoms with Crippen molar-refractivity contribution in [3.05, 3.63) is 71.3 Å². The van der Waals surface area contributed by atoms with Crippen molar-refractivity contribution in [3.8, 4) is 0 Å². The molecule has 0 spiro atoms. The molecule has 25 heavy (non-hydrogen) atoms. The Morgan fingerprint density at radius 3 is 2.08 bits per heavy atom. The SMILES string of the molecule is Cc1ccc(C(=O)C(C)N(C)C(=O)CCC(=O)c2ccccc2)cc1. The smallest absolute Gasteiger partial charge is 0.223 e. The molecule has 2 aromatic carbocycles. The molecule has 0 heterocycles. The van der Waals surface area contributed by atoms with Crippen LogP contribution in [0, 0.1) is 6.92 Å². The first-order valence-electron chi connectivity index (χ1n) is 8.35. The maximum Gasteiger partial charge on any atom is 0.223 e. The van der Waals surface area contributed by atoms with E-state index in [1.165, 1.54) is 4.90 Å². The Labute approximate surface area is 148 Å². The van der Waals surface area contributed by atoms with Gasteiger partial charge in [0.15, 0.2) is 11.6 Å². The van der Waals surface area contributed by atoms with Gasteiger partial charge in [0.2, 0.25) is 5.91 Å². The van der Waals surface area contributed by atoms with Gasteiger partial charge in [0.25, 0.3) is 0 Å². The Bertz CT molecular complexity index is 750. The molecule has 0 saturated heterocycles. The van der Waals surface area contributed by atoms with E-state index in [2.05, 4.69) is 0 Å². The van der Waals surface area contributed by atoms with E-state index in [0.29, 0.717) is 11.1 Å². The van der Waals surface area contributed by atoms with E-state index in [4.69, 9.17) is 0 Å². The normalized spacial score (nSPS) is 11.6. The number of aryl methyl sites for hydroxylation is 1. The van der Waals surface area contributed by atoms with Crippen LogP contribution in [-0.4, -0.2) is 35.5 Å². The van der Waals surface area contributed by atoms with E-state index in [0.717, 1.165) is 5.56 Å². The number of Topliss-reactive ketones (excluding diaryl/α,β-unsaturated/α-hetero) is 2. The molecule has 0 aromatic heterocycles. The number of amides is 1. The summed E-state index contributed by atoms with van der Waals surface area (Å²) in [6, 6.07) is 15.6. The molecule has 1 amide bonds. The molecule has 4 nitrogen and oxygen atoms in total. The van der Waals surface area contributed by atoms with E-state index < -0.39 is 6.04 Å². The standard InChI is InChI=1S/C21H23NO3/c1-15-9-11-18(12-10-15)21(25)16(2)22(3)20(24)14-13-19(23)17-7-5-4-6-8-17/h4-12,16H,13-14H2,1-3H3. The van der Waals surface area contributed by atoms with Gasteiger partial charge in [-0.25, -0.2) is 0 Å². The van der Waals surface area contributed by atoms with E-state index in [1.54, 1.807) is 50.4 Å². The van der Waals surface area contributed by atoms with Gasteiger partial charge in [-0.2, -0.15) is 0 Å². The summed E-state index contributed by atoms with van der Waals surface area (Å²) >= 11 is 0. The van der Waals surface area contributed by atoms with Crippen molar-refractivity contribution in [2.75, 3.05) is 7.05 Å². The molecule has 2 aromatic rings. The summed E-state index contributed by atoms with van der Waals surface area (Å²) in [5.74, 6) is -0.387. The highest BCUT2D eigenvalue weighted by atomic mass is 16.2. The Morgan fingerprint density at radius 2 is 1.48 bits per heavy atom. The third kappa shape index (κ3) is 4.86. The van der Waals surface area contributed by atoms with Gasteiger partial charge in [0, 0.05) is 31.0 Å². The van der Waals surface area contributed by atoms with Gasteiger partial charge < -0.3 is 4.90 Å². The lowest BCUT2D eigenvalue weighted by molar-refractivity contribution is -0.130. The van der Waals surface area contributed by atoms with Crippen LogP contribution in [0.1, 0.15) is 46.0 Å². The number of nitrogens with zero attached hydrogens (tertiary/aromatic N) is 1. The molecule has 1 atom stereocenters. The Morgan fingerprint density at radius 1 is 0.880 bits per heavy atom. The van der Waals surface area contributed by atoms with Gasteiger partial charge in [-0.1, -0.05) is 60.2 Å². The van der Waals surface area contributed by atoms with E-state index in [9.17, 15) is 14.4 Å². The van der Waals surface area contributed by atoms with Gasteiger partial charge >= 0.3 is 0 Å². The predicted molar refractivity (Wildman–Crippen MR) is 97.7 cm³/mol. The lowest BCUT2D eigenvalue weighted by Gasteiger charge is -2.24. The van der Waals surface area contributed by atoms with Crippen LogP contribution in [0.5, 0.6) is 0 Å². The van der Waals surface area contributed by atoms with Crippen molar-refractivity contribution in [2.45, 2.75) is 32.7 Å². The fourth-order valence-electron chi connectivity index (χ4n) is 2.52. The molecule has 0 radical (unpaired) electrons. The molecule has 0 fully saturated rings. The molecule has 0 aliphatic heterocycles. The van der Waals surface area contributed by atoms with Crippen molar-refractivity contribution >= 4 is 17.5 Å². The minimum absolute atomic E-state index is 0.0696. The second kappa shape index (κ2) is 8.38. The fraction of sp³-hybridized carbons (Fsp3) is 0.286. The summed E-state index contributed by atoms with van der Waals surface area (Å²) in [5.41, 5.74) is 2.26. The topological polar surface area (TPSA) is 54.5 Å². The van der Waals surface area contributed by atoms with Crippen molar-refractivity contribution in [3.63, 3.8) is 0 Å². The molecule has 0 aliphatic rings. The number of ketones is 2. The molecule has 2 rings (SSSR count). The van der Waals surface area contributed by atoms with Gasteiger partial charge in [-0.05, 0) is 13.8 Å². The van der Waals surface area contributed by atoms with E-state index in [-0.39, 0.29) is 30.3 Å². The second-order valence-electron chi connectivity index (χ2n) is 6.20. The van der Waals surface area contributed by atoms with Gasteiger partial charge in [0.05, 0.1) is 6.04 Å². The van der Waals surface area contributed by atoms with Gasteiger partial charge in [-0.3, -0.25) is 14.4 Å². The highest BCUT2D eigenvalue weighted by Crippen LogP contribution is 2.12. The first kappa shape index (κ1) is 18.6. The Kier molecular flexibility index (Phi) is 6.23. The zero-order chi connectivity index (χ0) is 18.4. The van der Waals surface area contributed by atoms with Crippen LogP contribution in [0.2, 0.25) is 0 Å². The quantitative estimate of drug-likeness (QED) is 0.724. The largest absolute Gasteiger partial charge is 0.336 e. The first-order chi connectivity index (χ1) is 11.9. The van der Waals surface area contributed by atoms with Gasteiger partial charge in [0.1, 0.15) is 0 Å². The summed E-state index contributed by atoms with van der Waals surface area (Å²) in [6.07, 6.45) is 0.231. The number of hydrogen-bond donors (Lipinski definition) is 0. The first-order valence-corrected chi connectivity index (χ1v) is 8.35. The molecule has 1 unspecified atom stereocenters. The molecular formula is C21H23NO3. The Balaban J connectivity index is 1.93. The zero-order valence-electron chi connectivity index (χ0n) is 14.9. The molecule has 130 valence electrons. The van der Waals surface area contributed by atoms with Crippen molar-refractivity contribution in [1.82, 2.24) is 4.90 Å². The van der Waals surface area contributed by atoms with Crippen molar-refractivity contribution < 1.29 is 14.4 Å². The average Bonchev–Trinajstić information content (AvgIpc) is 2.65. The minimum atomic E-state index is -0.568. The summed E-state index contributed by atoms with van der Waals surface area (Å²) < 4.78 is 0.